The van der Waals surface area contributed by atoms with E-state index in [1.165, 1.54) is 26.2 Å². The van der Waals surface area contributed by atoms with Gasteiger partial charge in [-0.15, -0.1) is 6.58 Å². The molecule has 2 heteroatoms. The van der Waals surface area contributed by atoms with Crippen molar-refractivity contribution in [2.24, 2.45) is 11.8 Å². The average molecular weight is 152 g/mol. The van der Waals surface area contributed by atoms with E-state index in [-0.39, 0.29) is 0 Å². The van der Waals surface area contributed by atoms with E-state index in [1.54, 1.807) is 0 Å². The third kappa shape index (κ3) is 1.33. The molecule has 0 amide bonds. The molecule has 11 heavy (non-hydrogen) atoms. The van der Waals surface area contributed by atoms with Crippen LogP contribution in [0.5, 0.6) is 0 Å². The summed E-state index contributed by atoms with van der Waals surface area (Å²) < 4.78 is 0. The van der Waals surface area contributed by atoms with Crippen molar-refractivity contribution in [3.8, 4) is 0 Å². The number of likely N-dealkylation sites (tertiary alicyclic amines) is 1. The fourth-order valence-electron chi connectivity index (χ4n) is 2.28. The monoisotopic (exact) mass is 152 g/mol. The van der Waals surface area contributed by atoms with Gasteiger partial charge >= 0.3 is 0 Å². The van der Waals surface area contributed by atoms with Crippen molar-refractivity contribution in [3.63, 3.8) is 0 Å². The molecule has 0 saturated carbocycles. The molecular formula is C9H16N2. The molecule has 1 N–H and O–H groups in total. The lowest BCUT2D eigenvalue weighted by molar-refractivity contribution is 0.347. The summed E-state index contributed by atoms with van der Waals surface area (Å²) in [4.78, 5) is 2.50. The summed E-state index contributed by atoms with van der Waals surface area (Å²) in [6.45, 7) is 9.87. The van der Waals surface area contributed by atoms with Gasteiger partial charge in [-0.1, -0.05) is 6.08 Å². The molecule has 2 fully saturated rings. The first-order chi connectivity index (χ1) is 5.40. The lowest BCUT2D eigenvalue weighted by Gasteiger charge is -2.13. The molecular weight excluding hydrogens is 136 g/mol. The van der Waals surface area contributed by atoms with Crippen LogP contribution in [0.15, 0.2) is 12.7 Å². The van der Waals surface area contributed by atoms with Crippen LogP contribution in [0.1, 0.15) is 0 Å². The number of nitrogens with zero attached hydrogens (tertiary/aromatic N) is 1. The summed E-state index contributed by atoms with van der Waals surface area (Å²) >= 11 is 0. The molecule has 0 aromatic carbocycles. The summed E-state index contributed by atoms with van der Waals surface area (Å²) in [6.07, 6.45) is 2.01. The van der Waals surface area contributed by atoms with Crippen LogP contribution >= 0.6 is 0 Å². The van der Waals surface area contributed by atoms with Crippen LogP contribution in [0.4, 0.5) is 0 Å². The van der Waals surface area contributed by atoms with Gasteiger partial charge in [0.15, 0.2) is 0 Å². The molecule has 2 unspecified atom stereocenters. The topological polar surface area (TPSA) is 15.3 Å². The maximum absolute atomic E-state index is 3.76. The van der Waals surface area contributed by atoms with Gasteiger partial charge in [0.05, 0.1) is 0 Å². The lowest BCUT2D eigenvalue weighted by Crippen LogP contribution is -2.25. The summed E-state index contributed by atoms with van der Waals surface area (Å²) in [5.74, 6) is 1.85. The second kappa shape index (κ2) is 2.95. The van der Waals surface area contributed by atoms with E-state index < -0.39 is 0 Å². The van der Waals surface area contributed by atoms with Crippen LogP contribution in [0.2, 0.25) is 0 Å². The van der Waals surface area contributed by atoms with Crippen molar-refractivity contribution >= 4 is 0 Å². The highest BCUT2D eigenvalue weighted by atomic mass is 15.2. The van der Waals surface area contributed by atoms with E-state index in [0.29, 0.717) is 0 Å². The molecule has 2 rings (SSSR count). The van der Waals surface area contributed by atoms with E-state index in [2.05, 4.69) is 16.8 Å². The van der Waals surface area contributed by atoms with E-state index in [4.69, 9.17) is 0 Å². The molecule has 62 valence electrons. The lowest BCUT2D eigenvalue weighted by atomic mass is 10.0. The normalized spacial score (nSPS) is 37.5. The Labute approximate surface area is 68.3 Å². The van der Waals surface area contributed by atoms with Crippen molar-refractivity contribution in [1.29, 1.82) is 0 Å². The molecule has 2 aliphatic heterocycles. The largest absolute Gasteiger partial charge is 0.316 e. The van der Waals surface area contributed by atoms with Crippen molar-refractivity contribution in [1.82, 2.24) is 10.2 Å². The standard InChI is InChI=1S/C9H16N2/c1-2-3-11-6-8-4-10-5-9(8)7-11/h2,8-10H,1,3-7H2. The van der Waals surface area contributed by atoms with Crippen molar-refractivity contribution in [2.75, 3.05) is 32.7 Å². The van der Waals surface area contributed by atoms with Crippen LogP contribution in [-0.4, -0.2) is 37.6 Å². The molecule has 0 aromatic rings. The Morgan fingerprint density at radius 3 is 2.55 bits per heavy atom. The first-order valence-electron chi connectivity index (χ1n) is 4.44. The highest BCUT2D eigenvalue weighted by Crippen LogP contribution is 2.25. The van der Waals surface area contributed by atoms with Crippen LogP contribution in [-0.2, 0) is 0 Å². The van der Waals surface area contributed by atoms with E-state index in [0.717, 1.165) is 18.4 Å². The highest BCUT2D eigenvalue weighted by molar-refractivity contribution is 4.92. The Bertz CT molecular complexity index is 144. The first-order valence-corrected chi connectivity index (χ1v) is 4.44. The molecule has 2 aliphatic rings. The Morgan fingerprint density at radius 1 is 1.36 bits per heavy atom. The first kappa shape index (κ1) is 7.32. The van der Waals surface area contributed by atoms with Crippen molar-refractivity contribution in [2.45, 2.75) is 0 Å². The van der Waals surface area contributed by atoms with Crippen LogP contribution < -0.4 is 5.32 Å². The van der Waals surface area contributed by atoms with Gasteiger partial charge < -0.3 is 5.32 Å². The third-order valence-electron chi connectivity index (χ3n) is 2.85. The van der Waals surface area contributed by atoms with E-state index in [1.807, 2.05) is 6.08 Å². The summed E-state index contributed by atoms with van der Waals surface area (Å²) in [7, 11) is 0. The van der Waals surface area contributed by atoms with Gasteiger partial charge in [-0.05, 0) is 24.9 Å². The molecule has 0 radical (unpaired) electrons. The van der Waals surface area contributed by atoms with Gasteiger partial charge in [0, 0.05) is 19.6 Å². The Kier molecular flexibility index (Phi) is 1.96. The van der Waals surface area contributed by atoms with Crippen LogP contribution in [0.3, 0.4) is 0 Å². The summed E-state index contributed by atoms with van der Waals surface area (Å²) in [6, 6.07) is 0. The Hall–Kier alpha value is -0.340. The zero-order chi connectivity index (χ0) is 7.68. The second-order valence-electron chi connectivity index (χ2n) is 3.69. The third-order valence-corrected chi connectivity index (χ3v) is 2.85. The fourth-order valence-corrected chi connectivity index (χ4v) is 2.28. The van der Waals surface area contributed by atoms with Gasteiger partial charge in [-0.3, -0.25) is 4.90 Å². The van der Waals surface area contributed by atoms with E-state index in [9.17, 15) is 0 Å². The maximum atomic E-state index is 3.76. The van der Waals surface area contributed by atoms with Gasteiger partial charge in [0.1, 0.15) is 0 Å². The Morgan fingerprint density at radius 2 is 2.00 bits per heavy atom. The minimum atomic E-state index is 0.926. The Balaban J connectivity index is 1.89. The minimum Gasteiger partial charge on any atom is -0.316 e. The number of hydrogen-bond donors (Lipinski definition) is 1. The molecule has 0 bridgehead atoms. The molecule has 0 aromatic heterocycles. The molecule has 2 heterocycles. The summed E-state index contributed by atoms with van der Waals surface area (Å²) in [5.41, 5.74) is 0. The predicted molar refractivity (Wildman–Crippen MR) is 46.5 cm³/mol. The van der Waals surface area contributed by atoms with Crippen LogP contribution in [0.25, 0.3) is 0 Å². The number of rotatable bonds is 2. The van der Waals surface area contributed by atoms with Crippen molar-refractivity contribution < 1.29 is 0 Å². The molecule has 2 saturated heterocycles. The number of fused-ring (bicyclic) bond motifs is 1. The van der Waals surface area contributed by atoms with E-state index >= 15 is 0 Å². The predicted octanol–water partition coefficient (Wildman–Crippen LogP) is 0.324. The molecule has 2 atom stereocenters. The quantitative estimate of drug-likeness (QED) is 0.573. The summed E-state index contributed by atoms with van der Waals surface area (Å²) in [5, 5.41) is 3.43. The minimum absolute atomic E-state index is 0.926. The van der Waals surface area contributed by atoms with Gasteiger partial charge in [0.2, 0.25) is 0 Å². The molecule has 2 nitrogen and oxygen atoms in total. The highest BCUT2D eigenvalue weighted by Gasteiger charge is 2.35. The van der Waals surface area contributed by atoms with Gasteiger partial charge in [-0.2, -0.15) is 0 Å². The SMILES string of the molecule is C=CCN1CC2CNCC2C1. The number of nitrogens with one attached hydrogen (secondary N) is 1. The zero-order valence-corrected chi connectivity index (χ0v) is 6.92. The van der Waals surface area contributed by atoms with Gasteiger partial charge in [0.25, 0.3) is 0 Å². The zero-order valence-electron chi connectivity index (χ0n) is 6.92. The number of hydrogen-bond acceptors (Lipinski definition) is 2. The second-order valence-corrected chi connectivity index (χ2v) is 3.69. The van der Waals surface area contributed by atoms with Crippen LogP contribution in [0, 0.1) is 11.8 Å². The average Bonchev–Trinajstić information content (AvgIpc) is 2.46. The molecule has 0 aliphatic carbocycles. The smallest absolute Gasteiger partial charge is 0.0160 e. The fraction of sp³-hybridized carbons (Fsp3) is 0.778. The van der Waals surface area contributed by atoms with Gasteiger partial charge in [-0.25, -0.2) is 0 Å². The molecule has 0 spiro atoms. The van der Waals surface area contributed by atoms with Crippen molar-refractivity contribution in [3.05, 3.63) is 12.7 Å². The maximum Gasteiger partial charge on any atom is 0.0160 e.